The van der Waals surface area contributed by atoms with Crippen molar-refractivity contribution in [2.24, 2.45) is 0 Å². The Morgan fingerprint density at radius 1 is 1.69 bits per heavy atom. The van der Waals surface area contributed by atoms with Crippen LogP contribution in [0.15, 0.2) is 23.5 Å². The number of aliphatic hydroxyl groups is 1. The third-order valence-electron chi connectivity index (χ3n) is 2.66. The van der Waals surface area contributed by atoms with Gasteiger partial charge in [0.1, 0.15) is 17.9 Å². The molecule has 0 spiro atoms. The fourth-order valence-corrected chi connectivity index (χ4v) is 1.65. The van der Waals surface area contributed by atoms with Crippen LogP contribution in [0.25, 0.3) is 0 Å². The fourth-order valence-electron chi connectivity index (χ4n) is 1.65. The summed E-state index contributed by atoms with van der Waals surface area (Å²) >= 11 is 0. The molecular formula is C11H17NO4. The van der Waals surface area contributed by atoms with Crippen LogP contribution in [0.5, 0.6) is 0 Å². The number of rotatable bonds is 5. The lowest BCUT2D eigenvalue weighted by Gasteiger charge is -2.22. The van der Waals surface area contributed by atoms with Gasteiger partial charge in [-0.2, -0.15) is 0 Å². The van der Waals surface area contributed by atoms with Crippen molar-refractivity contribution in [2.75, 3.05) is 14.2 Å². The number of carbonyl (C=O) groups is 1. The molecule has 2 atom stereocenters. The highest BCUT2D eigenvalue weighted by atomic mass is 16.5. The van der Waals surface area contributed by atoms with Crippen molar-refractivity contribution in [2.45, 2.75) is 25.0 Å². The highest BCUT2D eigenvalue weighted by molar-refractivity contribution is 5.73. The molecular weight excluding hydrogens is 210 g/mol. The first-order chi connectivity index (χ1) is 7.58. The van der Waals surface area contributed by atoms with Crippen molar-refractivity contribution in [1.82, 2.24) is 5.32 Å². The second-order valence-electron chi connectivity index (χ2n) is 3.73. The van der Waals surface area contributed by atoms with E-state index >= 15 is 0 Å². The normalized spacial score (nSPS) is 22.2. The number of carboxylic acid groups (broad SMARTS) is 1. The summed E-state index contributed by atoms with van der Waals surface area (Å²) in [6.07, 6.45) is 3.89. The van der Waals surface area contributed by atoms with Gasteiger partial charge >= 0.3 is 5.97 Å². The van der Waals surface area contributed by atoms with Gasteiger partial charge in [0, 0.05) is 13.5 Å². The maximum atomic E-state index is 10.8. The Kier molecular flexibility index (Phi) is 4.52. The molecule has 0 radical (unpaired) electrons. The van der Waals surface area contributed by atoms with Crippen LogP contribution in [-0.2, 0) is 9.53 Å². The number of hydrogen-bond acceptors (Lipinski definition) is 4. The molecule has 0 bridgehead atoms. The van der Waals surface area contributed by atoms with Gasteiger partial charge in [0.05, 0.1) is 0 Å². The van der Waals surface area contributed by atoms with E-state index in [9.17, 15) is 9.90 Å². The van der Waals surface area contributed by atoms with Crippen LogP contribution in [0.4, 0.5) is 0 Å². The van der Waals surface area contributed by atoms with Crippen LogP contribution in [0.2, 0.25) is 0 Å². The SMILES string of the molecule is CN[C@@H](CC1=CC=C(O)C(OC)C1)C(=O)O. The topological polar surface area (TPSA) is 78.8 Å². The molecule has 0 fully saturated rings. The number of carboxylic acids is 1. The summed E-state index contributed by atoms with van der Waals surface area (Å²) in [5, 5.41) is 21.1. The molecule has 0 amide bonds. The highest BCUT2D eigenvalue weighted by Gasteiger charge is 2.22. The van der Waals surface area contributed by atoms with Gasteiger partial charge in [-0.15, -0.1) is 0 Å². The Bertz CT molecular complexity index is 322. The summed E-state index contributed by atoms with van der Waals surface area (Å²) < 4.78 is 5.08. The third kappa shape index (κ3) is 3.08. The molecule has 3 N–H and O–H groups in total. The molecule has 0 aliphatic heterocycles. The Labute approximate surface area is 94.4 Å². The lowest BCUT2D eigenvalue weighted by molar-refractivity contribution is -0.139. The number of methoxy groups -OCH3 is 1. The molecule has 1 aliphatic carbocycles. The van der Waals surface area contributed by atoms with Crippen molar-refractivity contribution in [3.8, 4) is 0 Å². The average molecular weight is 227 g/mol. The summed E-state index contributed by atoms with van der Waals surface area (Å²) in [5.74, 6) is -0.696. The number of aliphatic hydroxyl groups excluding tert-OH is 1. The minimum absolute atomic E-state index is 0.183. The van der Waals surface area contributed by atoms with E-state index in [1.807, 2.05) is 0 Å². The average Bonchev–Trinajstić information content (AvgIpc) is 2.27. The zero-order valence-corrected chi connectivity index (χ0v) is 9.43. The lowest BCUT2D eigenvalue weighted by atomic mass is 9.95. The quantitative estimate of drug-likeness (QED) is 0.648. The van der Waals surface area contributed by atoms with Gasteiger partial charge < -0.3 is 20.3 Å². The predicted octanol–water partition coefficient (Wildman–Crippen LogP) is 0.836. The van der Waals surface area contributed by atoms with Crippen LogP contribution in [0.1, 0.15) is 12.8 Å². The van der Waals surface area contributed by atoms with E-state index in [0.717, 1.165) is 5.57 Å². The second-order valence-corrected chi connectivity index (χ2v) is 3.73. The standard InChI is InChI=1S/C11H17NO4/c1-12-8(11(14)15)5-7-3-4-9(13)10(6-7)16-2/h3-4,8,10,12-13H,5-6H2,1-2H3,(H,14,15)/t8-,10?/m0/s1. The summed E-state index contributed by atoms with van der Waals surface area (Å²) in [5.41, 5.74) is 0.950. The van der Waals surface area contributed by atoms with Gasteiger partial charge in [-0.05, 0) is 19.5 Å². The number of nitrogens with one attached hydrogen (secondary N) is 1. The number of ether oxygens (including phenoxy) is 1. The summed E-state index contributed by atoms with van der Waals surface area (Å²) in [6.45, 7) is 0. The van der Waals surface area contributed by atoms with Crippen molar-refractivity contribution >= 4 is 5.97 Å². The van der Waals surface area contributed by atoms with E-state index < -0.39 is 12.0 Å². The van der Waals surface area contributed by atoms with E-state index in [-0.39, 0.29) is 11.9 Å². The smallest absolute Gasteiger partial charge is 0.321 e. The van der Waals surface area contributed by atoms with E-state index in [1.165, 1.54) is 7.11 Å². The van der Waals surface area contributed by atoms with Gasteiger partial charge in [-0.1, -0.05) is 11.6 Å². The van der Waals surface area contributed by atoms with Crippen molar-refractivity contribution in [1.29, 1.82) is 0 Å². The molecule has 0 heterocycles. The van der Waals surface area contributed by atoms with Gasteiger partial charge in [0.2, 0.25) is 0 Å². The first-order valence-electron chi connectivity index (χ1n) is 5.10. The number of likely N-dealkylation sites (N-methyl/N-ethyl adjacent to an activating group) is 1. The van der Waals surface area contributed by atoms with Crippen LogP contribution in [0, 0.1) is 0 Å². The summed E-state index contributed by atoms with van der Waals surface area (Å²) in [7, 11) is 3.13. The molecule has 0 saturated carbocycles. The third-order valence-corrected chi connectivity index (χ3v) is 2.66. The van der Waals surface area contributed by atoms with Gasteiger partial charge in [-0.3, -0.25) is 4.79 Å². The molecule has 1 rings (SSSR count). The van der Waals surface area contributed by atoms with Gasteiger partial charge in [0.15, 0.2) is 0 Å². The Morgan fingerprint density at radius 2 is 2.38 bits per heavy atom. The van der Waals surface area contributed by atoms with Gasteiger partial charge in [0.25, 0.3) is 0 Å². The number of hydrogen-bond donors (Lipinski definition) is 3. The second kappa shape index (κ2) is 5.67. The van der Waals surface area contributed by atoms with E-state index in [4.69, 9.17) is 9.84 Å². The first-order valence-corrected chi connectivity index (χ1v) is 5.10. The Balaban J connectivity index is 2.65. The zero-order valence-electron chi connectivity index (χ0n) is 9.43. The van der Waals surface area contributed by atoms with Crippen LogP contribution < -0.4 is 5.32 Å². The van der Waals surface area contributed by atoms with Crippen LogP contribution in [-0.4, -0.2) is 42.5 Å². The molecule has 0 aromatic carbocycles. The molecule has 90 valence electrons. The lowest BCUT2D eigenvalue weighted by Crippen LogP contribution is -2.34. The van der Waals surface area contributed by atoms with Crippen molar-refractivity contribution in [3.05, 3.63) is 23.5 Å². The summed E-state index contributed by atoms with van der Waals surface area (Å²) in [6, 6.07) is -0.600. The Morgan fingerprint density at radius 3 is 2.88 bits per heavy atom. The fraction of sp³-hybridized carbons (Fsp3) is 0.545. The minimum atomic E-state index is -0.879. The van der Waals surface area contributed by atoms with E-state index in [1.54, 1.807) is 19.2 Å². The number of aliphatic carboxylic acids is 1. The van der Waals surface area contributed by atoms with Gasteiger partial charge in [-0.25, -0.2) is 0 Å². The highest BCUT2D eigenvalue weighted by Crippen LogP contribution is 2.23. The largest absolute Gasteiger partial charge is 0.510 e. The minimum Gasteiger partial charge on any atom is -0.510 e. The first kappa shape index (κ1) is 12.7. The maximum Gasteiger partial charge on any atom is 0.321 e. The summed E-state index contributed by atoms with van der Waals surface area (Å²) in [4.78, 5) is 10.8. The molecule has 1 unspecified atom stereocenters. The molecule has 5 heteroatoms. The maximum absolute atomic E-state index is 10.8. The predicted molar refractivity (Wildman–Crippen MR) is 59.3 cm³/mol. The van der Waals surface area contributed by atoms with E-state index in [2.05, 4.69) is 5.32 Å². The van der Waals surface area contributed by atoms with Crippen LogP contribution >= 0.6 is 0 Å². The van der Waals surface area contributed by atoms with Crippen molar-refractivity contribution in [3.63, 3.8) is 0 Å². The Hall–Kier alpha value is -1.33. The monoisotopic (exact) mass is 227 g/mol. The molecule has 0 aromatic rings. The molecule has 1 aliphatic rings. The molecule has 5 nitrogen and oxygen atoms in total. The van der Waals surface area contributed by atoms with E-state index in [0.29, 0.717) is 12.8 Å². The molecule has 0 saturated heterocycles. The molecule has 16 heavy (non-hydrogen) atoms. The molecule has 0 aromatic heterocycles. The zero-order chi connectivity index (χ0) is 12.1. The van der Waals surface area contributed by atoms with Crippen LogP contribution in [0.3, 0.4) is 0 Å². The number of allylic oxidation sites excluding steroid dienone is 2. The van der Waals surface area contributed by atoms with Crippen molar-refractivity contribution < 1.29 is 19.7 Å².